The molecule has 0 bridgehead atoms. The third-order valence-corrected chi connectivity index (χ3v) is 4.20. The summed E-state index contributed by atoms with van der Waals surface area (Å²) in [6.45, 7) is 1.58. The molecule has 0 aliphatic rings. The Kier molecular flexibility index (Phi) is 4.76. The van der Waals surface area contributed by atoms with E-state index in [-0.39, 0.29) is 26.6 Å². The number of imidazole rings is 1. The van der Waals surface area contributed by atoms with Gasteiger partial charge in [0, 0.05) is 12.4 Å². The van der Waals surface area contributed by atoms with E-state index in [9.17, 15) is 18.0 Å². The molecule has 1 N–H and O–H groups in total. The van der Waals surface area contributed by atoms with Crippen LogP contribution in [0, 0.1) is 6.92 Å². The monoisotopic (exact) mass is 422 g/mol. The van der Waals surface area contributed by atoms with Crippen LogP contribution in [-0.2, 0) is 6.18 Å². The molecule has 0 unspecified atom stereocenters. The second-order valence-electron chi connectivity index (χ2n) is 5.25. The van der Waals surface area contributed by atoms with E-state index in [1.165, 1.54) is 16.7 Å². The molecule has 0 aliphatic heterocycles. The van der Waals surface area contributed by atoms with Crippen molar-refractivity contribution < 1.29 is 18.0 Å². The first-order chi connectivity index (χ1) is 12.1. The number of alkyl halides is 3. The quantitative estimate of drug-likeness (QED) is 0.611. The maximum atomic E-state index is 12.7. The lowest BCUT2D eigenvalue weighted by Crippen LogP contribution is -2.17. The van der Waals surface area contributed by atoms with Gasteiger partial charge in [0.2, 0.25) is 0 Å². The van der Waals surface area contributed by atoms with Crippen LogP contribution < -0.4 is 5.32 Å². The second kappa shape index (κ2) is 6.61. The number of aryl methyl sites for hydroxylation is 1. The predicted molar refractivity (Wildman–Crippen MR) is 92.2 cm³/mol. The van der Waals surface area contributed by atoms with Gasteiger partial charge in [0.1, 0.15) is 5.69 Å². The number of nitrogens with zero attached hydrogens (tertiary/aromatic N) is 3. The average Bonchev–Trinajstić information content (AvgIpc) is 2.84. The number of rotatable bonds is 2. The SMILES string of the molecule is Cc1nc2c(Cl)cc(Cl)cn2c1C(=O)Nc1ncc(C(F)(F)F)cc1Cl. The van der Waals surface area contributed by atoms with Gasteiger partial charge in [-0.1, -0.05) is 34.8 Å². The first-order valence-electron chi connectivity index (χ1n) is 6.95. The van der Waals surface area contributed by atoms with E-state index in [0.29, 0.717) is 23.6 Å². The van der Waals surface area contributed by atoms with Gasteiger partial charge in [-0.15, -0.1) is 0 Å². The van der Waals surface area contributed by atoms with Crippen LogP contribution in [0.5, 0.6) is 0 Å². The maximum absolute atomic E-state index is 12.7. The van der Waals surface area contributed by atoms with Crippen molar-refractivity contribution in [2.75, 3.05) is 5.32 Å². The van der Waals surface area contributed by atoms with Gasteiger partial charge in [-0.3, -0.25) is 9.20 Å². The number of carbonyl (C=O) groups excluding carboxylic acids is 1. The lowest BCUT2D eigenvalue weighted by molar-refractivity contribution is -0.137. The van der Waals surface area contributed by atoms with E-state index in [0.717, 1.165) is 0 Å². The van der Waals surface area contributed by atoms with Crippen molar-refractivity contribution in [1.82, 2.24) is 14.4 Å². The fraction of sp³-hybridized carbons (Fsp3) is 0.133. The third kappa shape index (κ3) is 3.44. The van der Waals surface area contributed by atoms with Gasteiger partial charge in [-0.2, -0.15) is 13.2 Å². The van der Waals surface area contributed by atoms with E-state index >= 15 is 0 Å². The fourth-order valence-corrected chi connectivity index (χ4v) is 3.04. The molecule has 11 heteroatoms. The molecular formula is C15H8Cl3F3N4O. The van der Waals surface area contributed by atoms with Crippen molar-refractivity contribution in [2.24, 2.45) is 0 Å². The minimum Gasteiger partial charge on any atom is -0.304 e. The topological polar surface area (TPSA) is 59.3 Å². The number of amides is 1. The highest BCUT2D eigenvalue weighted by atomic mass is 35.5. The Balaban J connectivity index is 1.99. The van der Waals surface area contributed by atoms with Crippen molar-refractivity contribution in [3.63, 3.8) is 0 Å². The normalized spacial score (nSPS) is 11.8. The molecule has 5 nitrogen and oxygen atoms in total. The van der Waals surface area contributed by atoms with Crippen LogP contribution in [0.25, 0.3) is 5.65 Å². The van der Waals surface area contributed by atoms with E-state index < -0.39 is 17.6 Å². The van der Waals surface area contributed by atoms with E-state index in [4.69, 9.17) is 34.8 Å². The summed E-state index contributed by atoms with van der Waals surface area (Å²) in [6, 6.07) is 2.15. The van der Waals surface area contributed by atoms with E-state index in [2.05, 4.69) is 15.3 Å². The minimum atomic E-state index is -4.59. The molecule has 3 aromatic rings. The molecule has 0 saturated heterocycles. The number of carbonyl (C=O) groups is 1. The molecule has 0 radical (unpaired) electrons. The highest BCUT2D eigenvalue weighted by Gasteiger charge is 2.32. The Morgan fingerprint density at radius 2 is 1.88 bits per heavy atom. The van der Waals surface area contributed by atoms with Gasteiger partial charge in [0.25, 0.3) is 5.91 Å². The van der Waals surface area contributed by atoms with Crippen molar-refractivity contribution in [3.8, 4) is 0 Å². The molecule has 3 rings (SSSR count). The average molecular weight is 424 g/mol. The van der Waals surface area contributed by atoms with Crippen LogP contribution in [0.1, 0.15) is 21.7 Å². The molecule has 0 aromatic carbocycles. The zero-order valence-corrected chi connectivity index (χ0v) is 15.1. The summed E-state index contributed by atoms with van der Waals surface area (Å²) >= 11 is 17.8. The number of hydrogen-bond acceptors (Lipinski definition) is 3. The lowest BCUT2D eigenvalue weighted by atomic mass is 10.2. The summed E-state index contributed by atoms with van der Waals surface area (Å²) in [5.41, 5.74) is -0.271. The first kappa shape index (κ1) is 18.8. The second-order valence-corrected chi connectivity index (χ2v) is 6.50. The van der Waals surface area contributed by atoms with Gasteiger partial charge < -0.3 is 5.32 Å². The number of anilines is 1. The first-order valence-corrected chi connectivity index (χ1v) is 8.09. The smallest absolute Gasteiger partial charge is 0.304 e. The van der Waals surface area contributed by atoms with Crippen molar-refractivity contribution in [3.05, 3.63) is 56.5 Å². The van der Waals surface area contributed by atoms with Crippen LogP contribution in [0.3, 0.4) is 0 Å². The minimum absolute atomic E-state index is 0.0992. The summed E-state index contributed by atoms with van der Waals surface area (Å²) in [7, 11) is 0. The van der Waals surface area contributed by atoms with Crippen LogP contribution >= 0.6 is 34.8 Å². The van der Waals surface area contributed by atoms with Gasteiger partial charge in [0.15, 0.2) is 11.5 Å². The molecule has 0 fully saturated rings. The molecule has 1 amide bonds. The zero-order valence-electron chi connectivity index (χ0n) is 12.8. The third-order valence-electron chi connectivity index (χ3n) is 3.43. The molecule has 0 aliphatic carbocycles. The predicted octanol–water partition coefficient (Wildman–Crippen LogP) is 5.27. The molecule has 3 heterocycles. The van der Waals surface area contributed by atoms with Gasteiger partial charge in [-0.25, -0.2) is 9.97 Å². The van der Waals surface area contributed by atoms with Gasteiger partial charge in [-0.05, 0) is 19.1 Å². The van der Waals surface area contributed by atoms with Gasteiger partial charge >= 0.3 is 6.18 Å². The van der Waals surface area contributed by atoms with Crippen molar-refractivity contribution in [1.29, 1.82) is 0 Å². The molecule has 3 aromatic heterocycles. The number of pyridine rings is 2. The molecule has 0 atom stereocenters. The zero-order chi connectivity index (χ0) is 19.2. The van der Waals surface area contributed by atoms with Crippen LogP contribution in [0.15, 0.2) is 24.5 Å². The summed E-state index contributed by atoms with van der Waals surface area (Å²) in [4.78, 5) is 20.4. The van der Waals surface area contributed by atoms with Crippen LogP contribution in [-0.4, -0.2) is 20.3 Å². The van der Waals surface area contributed by atoms with E-state index in [1.807, 2.05) is 0 Å². The highest BCUT2D eigenvalue weighted by molar-refractivity contribution is 6.36. The molecular weight excluding hydrogens is 416 g/mol. The Morgan fingerprint density at radius 1 is 1.19 bits per heavy atom. The van der Waals surface area contributed by atoms with Crippen molar-refractivity contribution in [2.45, 2.75) is 13.1 Å². The largest absolute Gasteiger partial charge is 0.417 e. The summed E-state index contributed by atoms with van der Waals surface area (Å²) in [6.07, 6.45) is -2.57. The van der Waals surface area contributed by atoms with Crippen LogP contribution in [0.4, 0.5) is 19.0 Å². The highest BCUT2D eigenvalue weighted by Crippen LogP contribution is 2.32. The number of nitrogens with one attached hydrogen (secondary N) is 1. The molecule has 136 valence electrons. The summed E-state index contributed by atoms with van der Waals surface area (Å²) < 4.78 is 39.4. The molecule has 26 heavy (non-hydrogen) atoms. The number of hydrogen-bond donors (Lipinski definition) is 1. The lowest BCUT2D eigenvalue weighted by Gasteiger charge is -2.10. The van der Waals surface area contributed by atoms with Crippen LogP contribution in [0.2, 0.25) is 15.1 Å². The van der Waals surface area contributed by atoms with Crippen molar-refractivity contribution >= 4 is 52.2 Å². The Morgan fingerprint density at radius 3 is 2.50 bits per heavy atom. The number of fused-ring (bicyclic) bond motifs is 1. The van der Waals surface area contributed by atoms with Gasteiger partial charge in [0.05, 0.1) is 26.3 Å². The van der Waals surface area contributed by atoms with E-state index in [1.54, 1.807) is 6.92 Å². The maximum Gasteiger partial charge on any atom is 0.417 e. The Labute approximate surface area is 159 Å². The Bertz CT molecular complexity index is 1030. The standard InChI is InChI=1S/C15H8Cl3F3N4O/c1-6-11(25-5-8(16)3-10(18)13(25)23-6)14(26)24-12-9(17)2-7(4-22-12)15(19,20)21/h2-5H,1H3,(H,22,24,26). The molecule has 0 spiro atoms. The summed E-state index contributed by atoms with van der Waals surface area (Å²) in [5.74, 6) is -0.894. The number of aromatic nitrogens is 3. The Hall–Kier alpha value is -2.03. The number of halogens is 6. The summed E-state index contributed by atoms with van der Waals surface area (Å²) in [5, 5.41) is 2.53. The fourth-order valence-electron chi connectivity index (χ4n) is 2.31. The molecule has 0 saturated carbocycles.